The fraction of sp³-hybridized carbons (Fsp3) is 0.0952. The maximum atomic E-state index is 12.7. The molecule has 0 atom stereocenters. The smallest absolute Gasteiger partial charge is 0.261 e. The van der Waals surface area contributed by atoms with Crippen LogP contribution >= 0.6 is 23.2 Å². The molecule has 3 rings (SSSR count). The maximum Gasteiger partial charge on any atom is 0.261 e. The molecule has 0 aromatic heterocycles. The van der Waals surface area contributed by atoms with Crippen LogP contribution in [0.5, 0.6) is 11.5 Å². The van der Waals surface area contributed by atoms with Crippen LogP contribution in [0.3, 0.4) is 0 Å². The van der Waals surface area contributed by atoms with Crippen molar-refractivity contribution in [1.29, 1.82) is 0 Å². The summed E-state index contributed by atoms with van der Waals surface area (Å²) in [5.41, 5.74) is 0.851. The van der Waals surface area contributed by atoms with Crippen molar-refractivity contribution in [3.63, 3.8) is 0 Å². The van der Waals surface area contributed by atoms with Crippen LogP contribution in [0.15, 0.2) is 65.6 Å². The lowest BCUT2D eigenvalue weighted by Crippen LogP contribution is -2.15. The fourth-order valence-electron chi connectivity index (χ4n) is 2.69. The zero-order chi connectivity index (χ0) is 22.6. The summed E-state index contributed by atoms with van der Waals surface area (Å²) in [7, 11) is -0.942. The average Bonchev–Trinajstić information content (AvgIpc) is 2.75. The molecule has 0 fully saturated rings. The lowest BCUT2D eigenvalue weighted by molar-refractivity contribution is 0.102. The van der Waals surface area contributed by atoms with Crippen molar-refractivity contribution in [2.75, 3.05) is 24.3 Å². The molecule has 3 aromatic carbocycles. The number of ether oxygens (including phenoxy) is 2. The molecular formula is C21H18Cl2N2O5S. The Hall–Kier alpha value is -2.94. The number of benzene rings is 3. The van der Waals surface area contributed by atoms with Gasteiger partial charge in [-0.15, -0.1) is 0 Å². The summed E-state index contributed by atoms with van der Waals surface area (Å²) in [6, 6.07) is 15.0. The lowest BCUT2D eigenvalue weighted by atomic mass is 10.2. The number of halogens is 2. The Morgan fingerprint density at radius 2 is 1.68 bits per heavy atom. The molecule has 10 heteroatoms. The number of amides is 1. The van der Waals surface area contributed by atoms with Crippen molar-refractivity contribution in [3.05, 3.63) is 76.3 Å². The number of hydrogen-bond donors (Lipinski definition) is 2. The third kappa shape index (κ3) is 5.41. The van der Waals surface area contributed by atoms with Crippen LogP contribution in [0.1, 0.15) is 10.4 Å². The van der Waals surface area contributed by atoms with Crippen molar-refractivity contribution < 1.29 is 22.7 Å². The second kappa shape index (κ2) is 9.47. The minimum absolute atomic E-state index is 0.0575. The van der Waals surface area contributed by atoms with Gasteiger partial charge in [0, 0.05) is 17.3 Å². The van der Waals surface area contributed by atoms with E-state index in [0.29, 0.717) is 17.2 Å². The molecule has 0 aliphatic heterocycles. The van der Waals surface area contributed by atoms with Crippen molar-refractivity contribution in [1.82, 2.24) is 0 Å². The first-order valence-corrected chi connectivity index (χ1v) is 11.1. The van der Waals surface area contributed by atoms with Crippen molar-refractivity contribution >= 4 is 50.5 Å². The minimum atomic E-state index is -3.93. The molecule has 0 unspecified atom stereocenters. The molecule has 0 spiro atoms. The molecular weight excluding hydrogens is 463 g/mol. The zero-order valence-electron chi connectivity index (χ0n) is 16.5. The largest absolute Gasteiger partial charge is 0.497 e. The van der Waals surface area contributed by atoms with Gasteiger partial charge in [0.25, 0.3) is 15.9 Å². The first-order chi connectivity index (χ1) is 14.7. The van der Waals surface area contributed by atoms with Gasteiger partial charge in [0.05, 0.1) is 34.8 Å². The molecule has 162 valence electrons. The van der Waals surface area contributed by atoms with E-state index in [0.717, 1.165) is 0 Å². The van der Waals surface area contributed by atoms with E-state index in [9.17, 15) is 13.2 Å². The molecule has 3 aromatic rings. The first kappa shape index (κ1) is 22.7. The second-order valence-electron chi connectivity index (χ2n) is 6.28. The predicted molar refractivity (Wildman–Crippen MR) is 121 cm³/mol. The topological polar surface area (TPSA) is 93.7 Å². The summed E-state index contributed by atoms with van der Waals surface area (Å²) in [4.78, 5) is 12.7. The van der Waals surface area contributed by atoms with E-state index >= 15 is 0 Å². The number of anilines is 2. The Morgan fingerprint density at radius 1 is 0.903 bits per heavy atom. The summed E-state index contributed by atoms with van der Waals surface area (Å²) in [6.45, 7) is 0. The van der Waals surface area contributed by atoms with Crippen LogP contribution in [0.2, 0.25) is 10.0 Å². The molecule has 0 bridgehead atoms. The Morgan fingerprint density at radius 3 is 2.35 bits per heavy atom. The van der Waals surface area contributed by atoms with Gasteiger partial charge in [-0.2, -0.15) is 0 Å². The standard InChI is InChI=1S/C21H18Cl2N2O5S/c1-29-15-6-9-20(30-2)19(11-15)24-21(26)13-4-3-5-14(10-13)25-31(27,28)16-7-8-17(22)18(23)12-16/h3-12,25H,1-2H3,(H,24,26). The summed E-state index contributed by atoms with van der Waals surface area (Å²) < 4.78 is 38.2. The Kier molecular flexibility index (Phi) is 6.94. The average molecular weight is 481 g/mol. The SMILES string of the molecule is COc1ccc(OC)c(NC(=O)c2cccc(NS(=O)(=O)c3ccc(Cl)c(Cl)c3)c2)c1. The van der Waals surface area contributed by atoms with Crippen LogP contribution in [0, 0.1) is 0 Å². The van der Waals surface area contributed by atoms with Crippen LogP contribution in [0.25, 0.3) is 0 Å². The third-order valence-corrected chi connectivity index (χ3v) is 6.35. The Labute approximate surface area is 189 Å². The molecule has 7 nitrogen and oxygen atoms in total. The fourth-order valence-corrected chi connectivity index (χ4v) is 4.13. The van der Waals surface area contributed by atoms with Gasteiger partial charge < -0.3 is 14.8 Å². The number of carbonyl (C=O) groups is 1. The van der Waals surface area contributed by atoms with E-state index in [1.165, 1.54) is 44.6 Å². The van der Waals surface area contributed by atoms with Crippen molar-refractivity contribution in [2.45, 2.75) is 4.90 Å². The van der Waals surface area contributed by atoms with Gasteiger partial charge in [0.1, 0.15) is 11.5 Å². The number of rotatable bonds is 7. The maximum absolute atomic E-state index is 12.7. The normalized spacial score (nSPS) is 11.0. The molecule has 31 heavy (non-hydrogen) atoms. The van der Waals surface area contributed by atoms with Gasteiger partial charge in [-0.05, 0) is 48.5 Å². The van der Waals surface area contributed by atoms with Crippen LogP contribution in [0.4, 0.5) is 11.4 Å². The summed E-state index contributed by atoms with van der Waals surface area (Å²) >= 11 is 11.8. The number of carbonyl (C=O) groups excluding carboxylic acids is 1. The van der Waals surface area contributed by atoms with Gasteiger partial charge in [-0.1, -0.05) is 29.3 Å². The highest BCUT2D eigenvalue weighted by Gasteiger charge is 2.17. The van der Waals surface area contributed by atoms with E-state index < -0.39 is 15.9 Å². The van der Waals surface area contributed by atoms with Gasteiger partial charge in [0.15, 0.2) is 0 Å². The van der Waals surface area contributed by atoms with E-state index in [2.05, 4.69) is 10.0 Å². The summed E-state index contributed by atoms with van der Waals surface area (Å²) in [6.07, 6.45) is 0. The third-order valence-electron chi connectivity index (χ3n) is 4.23. The van der Waals surface area contributed by atoms with E-state index in [1.54, 1.807) is 30.3 Å². The molecule has 0 saturated carbocycles. The van der Waals surface area contributed by atoms with E-state index in [4.69, 9.17) is 32.7 Å². The molecule has 0 aliphatic rings. The number of hydrogen-bond acceptors (Lipinski definition) is 5. The van der Waals surface area contributed by atoms with E-state index in [-0.39, 0.29) is 26.2 Å². The molecule has 1 amide bonds. The van der Waals surface area contributed by atoms with Crippen molar-refractivity contribution in [2.24, 2.45) is 0 Å². The quantitative estimate of drug-likeness (QED) is 0.492. The van der Waals surface area contributed by atoms with E-state index in [1.807, 2.05) is 0 Å². The Balaban J connectivity index is 1.83. The number of nitrogens with one attached hydrogen (secondary N) is 2. The molecule has 2 N–H and O–H groups in total. The highest BCUT2D eigenvalue weighted by Crippen LogP contribution is 2.30. The lowest BCUT2D eigenvalue weighted by Gasteiger charge is -2.13. The van der Waals surface area contributed by atoms with Gasteiger partial charge in [0.2, 0.25) is 0 Å². The summed E-state index contributed by atoms with van der Waals surface area (Å²) in [5, 5.41) is 3.09. The monoisotopic (exact) mass is 480 g/mol. The molecule has 0 heterocycles. The minimum Gasteiger partial charge on any atom is -0.497 e. The second-order valence-corrected chi connectivity index (χ2v) is 8.78. The van der Waals surface area contributed by atoms with Gasteiger partial charge in [-0.3, -0.25) is 9.52 Å². The van der Waals surface area contributed by atoms with Gasteiger partial charge >= 0.3 is 0 Å². The molecule has 0 saturated heterocycles. The number of methoxy groups -OCH3 is 2. The molecule has 0 radical (unpaired) electrons. The first-order valence-electron chi connectivity index (χ1n) is 8.85. The zero-order valence-corrected chi connectivity index (χ0v) is 18.8. The van der Waals surface area contributed by atoms with Crippen molar-refractivity contribution in [3.8, 4) is 11.5 Å². The number of sulfonamides is 1. The predicted octanol–water partition coefficient (Wildman–Crippen LogP) is 5.06. The van der Waals surface area contributed by atoms with Crippen LogP contribution in [-0.4, -0.2) is 28.5 Å². The van der Waals surface area contributed by atoms with Gasteiger partial charge in [-0.25, -0.2) is 8.42 Å². The highest BCUT2D eigenvalue weighted by molar-refractivity contribution is 7.92. The Bertz CT molecular complexity index is 1230. The summed E-state index contributed by atoms with van der Waals surface area (Å²) in [5.74, 6) is 0.534. The van der Waals surface area contributed by atoms with Crippen LogP contribution in [-0.2, 0) is 10.0 Å². The highest BCUT2D eigenvalue weighted by atomic mass is 35.5. The molecule has 0 aliphatic carbocycles. The van der Waals surface area contributed by atoms with Crippen LogP contribution < -0.4 is 19.5 Å².